The van der Waals surface area contributed by atoms with Gasteiger partial charge in [0.2, 0.25) is 5.88 Å². The molecule has 3 heterocycles. The van der Waals surface area contributed by atoms with E-state index in [-0.39, 0.29) is 17.8 Å². The highest BCUT2D eigenvalue weighted by Crippen LogP contribution is 2.31. The first-order chi connectivity index (χ1) is 16.6. The number of benzene rings is 1. The molecule has 0 bridgehead atoms. The van der Waals surface area contributed by atoms with E-state index in [1.54, 1.807) is 12.4 Å². The van der Waals surface area contributed by atoms with Gasteiger partial charge in [0.05, 0.1) is 18.7 Å². The molecule has 0 radical (unpaired) electrons. The molecular weight excluding hydrogens is 428 g/mol. The van der Waals surface area contributed by atoms with Crippen molar-refractivity contribution < 1.29 is 14.3 Å². The summed E-state index contributed by atoms with van der Waals surface area (Å²) < 4.78 is 12.1. The quantitative estimate of drug-likeness (QED) is 0.408. The second-order valence-electron chi connectivity index (χ2n) is 9.31. The third-order valence-corrected chi connectivity index (χ3v) is 6.52. The van der Waals surface area contributed by atoms with Crippen LogP contribution >= 0.6 is 0 Å². The van der Waals surface area contributed by atoms with Crippen molar-refractivity contribution in [1.82, 2.24) is 15.0 Å². The summed E-state index contributed by atoms with van der Waals surface area (Å²) in [7, 11) is 0. The van der Waals surface area contributed by atoms with Crippen LogP contribution in [0.3, 0.4) is 0 Å². The molecule has 1 aromatic carbocycles. The lowest BCUT2D eigenvalue weighted by atomic mass is 9.94. The lowest BCUT2D eigenvalue weighted by Gasteiger charge is -2.20. The number of nitrogens with zero attached hydrogens (tertiary/aromatic N) is 4. The Morgan fingerprint density at radius 2 is 1.91 bits per heavy atom. The molecule has 5 rings (SSSR count). The normalized spacial score (nSPS) is 18.5. The van der Waals surface area contributed by atoms with Gasteiger partial charge in [-0.15, -0.1) is 0 Å². The van der Waals surface area contributed by atoms with Crippen molar-refractivity contribution in [2.24, 2.45) is 5.92 Å². The third-order valence-electron chi connectivity index (χ3n) is 6.52. The highest BCUT2D eigenvalue weighted by Gasteiger charge is 2.26. The predicted octanol–water partition coefficient (Wildman–Crippen LogP) is 4.69. The lowest BCUT2D eigenvalue weighted by Crippen LogP contribution is -2.24. The second kappa shape index (κ2) is 10.2. The van der Waals surface area contributed by atoms with Crippen molar-refractivity contribution in [2.45, 2.75) is 44.6 Å². The summed E-state index contributed by atoms with van der Waals surface area (Å²) in [6, 6.07) is 12.2. The van der Waals surface area contributed by atoms with Gasteiger partial charge in [-0.25, -0.2) is 15.0 Å². The van der Waals surface area contributed by atoms with E-state index in [4.69, 9.17) is 9.47 Å². The maximum absolute atomic E-state index is 12.4. The fourth-order valence-electron chi connectivity index (χ4n) is 4.25. The Morgan fingerprint density at radius 3 is 2.68 bits per heavy atom. The summed E-state index contributed by atoms with van der Waals surface area (Å²) in [6.07, 6.45) is 10.4. The maximum Gasteiger partial charge on any atom is 0.215 e. The van der Waals surface area contributed by atoms with Crippen molar-refractivity contribution in [3.63, 3.8) is 0 Å². The molecule has 1 unspecified atom stereocenters. The fourth-order valence-corrected chi connectivity index (χ4v) is 4.25. The van der Waals surface area contributed by atoms with Crippen molar-refractivity contribution in [2.75, 3.05) is 24.6 Å². The first kappa shape index (κ1) is 22.3. The number of ketones is 1. The van der Waals surface area contributed by atoms with Gasteiger partial charge >= 0.3 is 0 Å². The molecule has 2 aliphatic rings. The molecule has 1 aliphatic heterocycles. The number of hydrogen-bond acceptors (Lipinski definition) is 7. The van der Waals surface area contributed by atoms with E-state index in [0.29, 0.717) is 23.8 Å². The van der Waals surface area contributed by atoms with Crippen molar-refractivity contribution in [3.8, 4) is 11.6 Å². The lowest BCUT2D eigenvalue weighted by molar-refractivity contribution is 0.0975. The second-order valence-corrected chi connectivity index (χ2v) is 9.31. The predicted molar refractivity (Wildman–Crippen MR) is 130 cm³/mol. The smallest absolute Gasteiger partial charge is 0.215 e. The monoisotopic (exact) mass is 458 g/mol. The average Bonchev–Trinajstić information content (AvgIpc) is 3.60. The molecule has 0 N–H and O–H groups in total. The van der Waals surface area contributed by atoms with Gasteiger partial charge < -0.3 is 14.4 Å². The molecule has 0 spiro atoms. The molecule has 176 valence electrons. The van der Waals surface area contributed by atoms with Gasteiger partial charge in [0, 0.05) is 49.7 Å². The number of ether oxygens (including phenoxy) is 2. The number of carbonyl (C=O) groups is 1. The first-order valence-electron chi connectivity index (χ1n) is 12.0. The minimum absolute atomic E-state index is 0.0525. The molecular formula is C27H30N4O3. The Labute approximate surface area is 200 Å². The van der Waals surface area contributed by atoms with Crippen LogP contribution in [0.5, 0.6) is 11.6 Å². The van der Waals surface area contributed by atoms with Crippen LogP contribution < -0.4 is 14.4 Å². The Bertz CT molecular complexity index is 1100. The molecule has 3 aromatic rings. The maximum atomic E-state index is 12.4. The molecule has 2 atom stereocenters. The standard InChI is InChI=1S/C27H30N4O3/c1-19(12-26(32)22-14-28-18-29-15-22)21-4-6-24(7-5-21)34-25-9-11-31(16-25)23-8-10-30-27(13-23)33-17-20-2-3-20/h4-8,10,13-15,18-20,25H,2-3,9,11-12,16-17H2,1H3/t19-,25?/m1/s1. The molecule has 2 aromatic heterocycles. The first-order valence-corrected chi connectivity index (χ1v) is 12.0. The van der Waals surface area contributed by atoms with Crippen LogP contribution in [0.1, 0.15) is 54.4 Å². The number of pyridine rings is 1. The molecule has 0 amide bonds. The van der Waals surface area contributed by atoms with Crippen LogP contribution in [0.15, 0.2) is 61.3 Å². The average molecular weight is 459 g/mol. The summed E-state index contributed by atoms with van der Waals surface area (Å²) in [5.74, 6) is 2.43. The van der Waals surface area contributed by atoms with Crippen LogP contribution in [-0.4, -0.2) is 46.5 Å². The van der Waals surface area contributed by atoms with Crippen molar-refractivity contribution >= 4 is 11.5 Å². The van der Waals surface area contributed by atoms with Gasteiger partial charge in [0.15, 0.2) is 5.78 Å². The molecule has 1 aliphatic carbocycles. The zero-order chi connectivity index (χ0) is 23.3. The van der Waals surface area contributed by atoms with Gasteiger partial charge in [0.1, 0.15) is 18.2 Å². The van der Waals surface area contributed by atoms with E-state index >= 15 is 0 Å². The molecule has 1 saturated heterocycles. The Balaban J connectivity index is 1.13. The highest BCUT2D eigenvalue weighted by molar-refractivity contribution is 5.95. The molecule has 7 nitrogen and oxygen atoms in total. The van der Waals surface area contributed by atoms with E-state index in [0.717, 1.165) is 43.1 Å². The third kappa shape index (κ3) is 5.71. The van der Waals surface area contributed by atoms with Crippen LogP contribution in [-0.2, 0) is 0 Å². The Morgan fingerprint density at radius 1 is 1.12 bits per heavy atom. The van der Waals surface area contributed by atoms with Crippen molar-refractivity contribution in [3.05, 3.63) is 72.4 Å². The van der Waals surface area contributed by atoms with Crippen LogP contribution in [0, 0.1) is 5.92 Å². The van der Waals surface area contributed by atoms with Crippen LogP contribution in [0.2, 0.25) is 0 Å². The Kier molecular flexibility index (Phi) is 6.70. The summed E-state index contributed by atoms with van der Waals surface area (Å²) in [4.78, 5) is 27.0. The molecule has 7 heteroatoms. The Hall–Kier alpha value is -3.48. The van der Waals surface area contributed by atoms with E-state index in [9.17, 15) is 4.79 Å². The topological polar surface area (TPSA) is 77.4 Å². The summed E-state index contributed by atoms with van der Waals surface area (Å²) in [5, 5.41) is 0. The van der Waals surface area contributed by atoms with E-state index in [2.05, 4.69) is 26.8 Å². The minimum Gasteiger partial charge on any atom is -0.489 e. The van der Waals surface area contributed by atoms with E-state index in [1.807, 2.05) is 42.6 Å². The van der Waals surface area contributed by atoms with E-state index in [1.165, 1.54) is 19.2 Å². The van der Waals surface area contributed by atoms with Gasteiger partial charge in [-0.2, -0.15) is 0 Å². The van der Waals surface area contributed by atoms with Crippen LogP contribution in [0.4, 0.5) is 5.69 Å². The number of carbonyl (C=O) groups excluding carboxylic acids is 1. The summed E-state index contributed by atoms with van der Waals surface area (Å²) in [6.45, 7) is 4.60. The number of rotatable bonds is 10. The van der Waals surface area contributed by atoms with E-state index < -0.39 is 0 Å². The highest BCUT2D eigenvalue weighted by atomic mass is 16.5. The fraction of sp³-hybridized carbons (Fsp3) is 0.407. The SMILES string of the molecule is C[C@H](CC(=O)c1cncnc1)c1ccc(OC2CCN(c3ccnc(OCC4CC4)c3)C2)cc1. The summed E-state index contributed by atoms with van der Waals surface area (Å²) >= 11 is 0. The van der Waals surface area contributed by atoms with Gasteiger partial charge in [0.25, 0.3) is 0 Å². The van der Waals surface area contributed by atoms with Crippen molar-refractivity contribution in [1.29, 1.82) is 0 Å². The van der Waals surface area contributed by atoms with Gasteiger partial charge in [-0.3, -0.25) is 4.79 Å². The number of aromatic nitrogens is 3. The largest absolute Gasteiger partial charge is 0.489 e. The molecule has 1 saturated carbocycles. The van der Waals surface area contributed by atoms with Gasteiger partial charge in [-0.1, -0.05) is 19.1 Å². The van der Waals surface area contributed by atoms with Crippen LogP contribution in [0.25, 0.3) is 0 Å². The zero-order valence-electron chi connectivity index (χ0n) is 19.5. The molecule has 34 heavy (non-hydrogen) atoms. The minimum atomic E-state index is 0.0525. The number of hydrogen-bond donors (Lipinski definition) is 0. The molecule has 2 fully saturated rings. The number of anilines is 1. The number of Topliss-reactive ketones (excluding diaryl/α,β-unsaturated/α-hetero) is 1. The summed E-state index contributed by atoms with van der Waals surface area (Å²) in [5.41, 5.74) is 2.79. The zero-order valence-corrected chi connectivity index (χ0v) is 19.5. The van der Waals surface area contributed by atoms with Gasteiger partial charge in [-0.05, 0) is 48.4 Å².